The number of hydrogen-bond acceptors (Lipinski definition) is 7. The normalized spacial score (nSPS) is 11.0. The lowest BCUT2D eigenvalue weighted by Gasteiger charge is -2.06. The second-order valence-corrected chi connectivity index (χ2v) is 6.02. The van der Waals surface area contributed by atoms with Crippen LogP contribution in [0.1, 0.15) is 11.3 Å². The van der Waals surface area contributed by atoms with Crippen molar-refractivity contribution in [1.82, 2.24) is 15.0 Å². The van der Waals surface area contributed by atoms with E-state index in [4.69, 9.17) is 18.9 Å². The Balaban J connectivity index is 1.48. The number of rotatable bonds is 15. The van der Waals surface area contributed by atoms with Gasteiger partial charge in [0.15, 0.2) is 0 Å². The molecule has 0 fully saturated rings. The molecule has 0 radical (unpaired) electrons. The predicted molar refractivity (Wildman–Crippen MR) is 103 cm³/mol. The largest absolute Gasteiger partial charge is 0.382 e. The van der Waals surface area contributed by atoms with E-state index in [1.165, 1.54) is 5.56 Å². The molecule has 2 rings (SSSR count). The van der Waals surface area contributed by atoms with Gasteiger partial charge in [0.05, 0.1) is 65.5 Å². The number of aryl methyl sites for hydroxylation is 1. The van der Waals surface area contributed by atoms with Gasteiger partial charge in [-0.3, -0.25) is 0 Å². The third kappa shape index (κ3) is 9.48. The molecule has 0 unspecified atom stereocenters. The second-order valence-electron chi connectivity index (χ2n) is 6.02. The zero-order valence-electron chi connectivity index (χ0n) is 16.2. The summed E-state index contributed by atoms with van der Waals surface area (Å²) in [6.45, 7) is 7.39. The summed E-state index contributed by atoms with van der Waals surface area (Å²) in [6, 6.07) is 8.27. The quantitative estimate of drug-likeness (QED) is 0.474. The Bertz CT molecular complexity index is 618. The first-order valence-electron chi connectivity index (χ1n) is 9.19. The summed E-state index contributed by atoms with van der Waals surface area (Å²) in [7, 11) is 1.65. The van der Waals surface area contributed by atoms with Gasteiger partial charge in [-0.05, 0) is 19.1 Å². The molecule has 27 heavy (non-hydrogen) atoms. The summed E-state index contributed by atoms with van der Waals surface area (Å²) >= 11 is 0. The maximum absolute atomic E-state index is 5.54. The van der Waals surface area contributed by atoms with E-state index in [0.29, 0.717) is 59.3 Å². The highest BCUT2D eigenvalue weighted by atomic mass is 16.6. The zero-order chi connectivity index (χ0) is 19.2. The van der Waals surface area contributed by atoms with Crippen LogP contribution in [-0.4, -0.2) is 68.4 Å². The van der Waals surface area contributed by atoms with Crippen molar-refractivity contribution in [2.45, 2.75) is 20.0 Å². The van der Waals surface area contributed by atoms with Crippen molar-refractivity contribution < 1.29 is 18.9 Å². The monoisotopic (exact) mass is 378 g/mol. The average molecular weight is 378 g/mol. The molecule has 1 aromatic heterocycles. The fraction of sp³-hybridized carbons (Fsp3) is 0.579. The minimum atomic E-state index is 0.550. The van der Waals surface area contributed by atoms with E-state index in [9.17, 15) is 0 Å². The summed E-state index contributed by atoms with van der Waals surface area (Å²) < 4.78 is 22.9. The smallest absolute Gasteiger partial charge is 0.102 e. The minimum absolute atomic E-state index is 0.550. The van der Waals surface area contributed by atoms with Crippen molar-refractivity contribution >= 4 is 5.69 Å². The van der Waals surface area contributed by atoms with Crippen LogP contribution in [0.25, 0.3) is 0 Å². The summed E-state index contributed by atoms with van der Waals surface area (Å²) in [6.07, 6.45) is 1.93. The number of benzene rings is 1. The first-order valence-corrected chi connectivity index (χ1v) is 9.19. The highest BCUT2D eigenvalue weighted by Crippen LogP contribution is 2.09. The van der Waals surface area contributed by atoms with Gasteiger partial charge in [-0.2, -0.15) is 0 Å². The van der Waals surface area contributed by atoms with Crippen LogP contribution in [0.15, 0.2) is 30.5 Å². The van der Waals surface area contributed by atoms with Gasteiger partial charge in [-0.15, -0.1) is 5.10 Å². The Morgan fingerprint density at radius 2 is 1.52 bits per heavy atom. The standard InChI is InChI=1S/C19H30N4O4/c1-17-3-5-18(6-4-17)20-15-19-16-23(22-21-19)7-8-25-11-12-27-14-13-26-10-9-24-2/h3-6,16,20H,7-15H2,1-2H3. The summed E-state index contributed by atoms with van der Waals surface area (Å²) in [5.41, 5.74) is 3.21. The van der Waals surface area contributed by atoms with E-state index in [1.54, 1.807) is 11.8 Å². The van der Waals surface area contributed by atoms with E-state index in [0.717, 1.165) is 11.4 Å². The number of ether oxygens (including phenoxy) is 4. The molecular weight excluding hydrogens is 348 g/mol. The van der Waals surface area contributed by atoms with Crippen molar-refractivity contribution in [3.05, 3.63) is 41.7 Å². The molecule has 8 nitrogen and oxygen atoms in total. The van der Waals surface area contributed by atoms with Gasteiger partial charge >= 0.3 is 0 Å². The van der Waals surface area contributed by atoms with Gasteiger partial charge in [0.1, 0.15) is 5.69 Å². The lowest BCUT2D eigenvalue weighted by molar-refractivity contribution is 0.00244. The van der Waals surface area contributed by atoms with E-state index in [2.05, 4.69) is 46.8 Å². The van der Waals surface area contributed by atoms with Gasteiger partial charge in [-0.25, -0.2) is 4.68 Å². The Morgan fingerprint density at radius 3 is 2.19 bits per heavy atom. The topological polar surface area (TPSA) is 79.7 Å². The fourth-order valence-electron chi connectivity index (χ4n) is 2.24. The predicted octanol–water partition coefficient (Wildman–Crippen LogP) is 1.89. The Hall–Kier alpha value is -2.00. The highest BCUT2D eigenvalue weighted by Gasteiger charge is 2.01. The number of hydrogen-bond donors (Lipinski definition) is 1. The second kappa shape index (κ2) is 13.2. The molecule has 0 aliphatic carbocycles. The minimum Gasteiger partial charge on any atom is -0.382 e. The van der Waals surface area contributed by atoms with Crippen molar-refractivity contribution in [3.63, 3.8) is 0 Å². The van der Waals surface area contributed by atoms with Crippen molar-refractivity contribution in [2.75, 3.05) is 58.7 Å². The lowest BCUT2D eigenvalue weighted by Crippen LogP contribution is -2.13. The van der Waals surface area contributed by atoms with Crippen molar-refractivity contribution in [1.29, 1.82) is 0 Å². The Labute approximate surface area is 160 Å². The van der Waals surface area contributed by atoms with Gasteiger partial charge in [0.2, 0.25) is 0 Å². The maximum Gasteiger partial charge on any atom is 0.102 e. The van der Waals surface area contributed by atoms with E-state index >= 15 is 0 Å². The van der Waals surface area contributed by atoms with Gasteiger partial charge < -0.3 is 24.3 Å². The summed E-state index contributed by atoms with van der Waals surface area (Å²) in [5.74, 6) is 0. The Kier molecular flexibility index (Phi) is 10.4. The molecule has 0 bridgehead atoms. The molecule has 2 aromatic rings. The molecule has 0 saturated carbocycles. The average Bonchev–Trinajstić information content (AvgIpc) is 3.13. The zero-order valence-corrected chi connectivity index (χ0v) is 16.2. The number of nitrogens with one attached hydrogen (secondary N) is 1. The molecule has 0 atom stereocenters. The van der Waals surface area contributed by atoms with Gasteiger partial charge in [-0.1, -0.05) is 22.9 Å². The van der Waals surface area contributed by atoms with Crippen LogP contribution in [0.5, 0.6) is 0 Å². The first kappa shape index (κ1) is 21.3. The first-order chi connectivity index (χ1) is 13.3. The highest BCUT2D eigenvalue weighted by molar-refractivity contribution is 5.44. The molecule has 0 aliphatic rings. The van der Waals surface area contributed by atoms with Crippen LogP contribution < -0.4 is 5.32 Å². The molecule has 8 heteroatoms. The van der Waals surface area contributed by atoms with E-state index in [1.807, 2.05) is 6.20 Å². The van der Waals surface area contributed by atoms with E-state index < -0.39 is 0 Å². The molecule has 1 N–H and O–H groups in total. The number of anilines is 1. The van der Waals surface area contributed by atoms with Crippen LogP contribution in [-0.2, 0) is 32.0 Å². The van der Waals surface area contributed by atoms with Crippen LogP contribution in [0.2, 0.25) is 0 Å². The third-order valence-corrected chi connectivity index (χ3v) is 3.75. The van der Waals surface area contributed by atoms with Crippen molar-refractivity contribution in [3.8, 4) is 0 Å². The maximum atomic E-state index is 5.54. The molecule has 150 valence electrons. The van der Waals surface area contributed by atoms with Gasteiger partial charge in [0, 0.05) is 12.8 Å². The van der Waals surface area contributed by atoms with Crippen LogP contribution in [0.4, 0.5) is 5.69 Å². The number of aromatic nitrogens is 3. The Morgan fingerprint density at radius 1 is 0.889 bits per heavy atom. The SMILES string of the molecule is COCCOCCOCCOCCn1cc(CNc2ccc(C)cc2)nn1. The van der Waals surface area contributed by atoms with Gasteiger partial charge in [0.25, 0.3) is 0 Å². The summed E-state index contributed by atoms with van der Waals surface area (Å²) in [5, 5.41) is 11.6. The molecule has 0 aliphatic heterocycles. The molecule has 1 aromatic carbocycles. The summed E-state index contributed by atoms with van der Waals surface area (Å²) in [4.78, 5) is 0. The third-order valence-electron chi connectivity index (χ3n) is 3.75. The molecule has 1 heterocycles. The molecular formula is C19H30N4O4. The number of methoxy groups -OCH3 is 1. The molecule has 0 amide bonds. The molecule has 0 spiro atoms. The fourth-order valence-corrected chi connectivity index (χ4v) is 2.24. The molecule has 0 saturated heterocycles. The van der Waals surface area contributed by atoms with Crippen LogP contribution >= 0.6 is 0 Å². The number of nitrogens with zero attached hydrogens (tertiary/aromatic N) is 3. The van der Waals surface area contributed by atoms with Crippen LogP contribution in [0.3, 0.4) is 0 Å². The lowest BCUT2D eigenvalue weighted by atomic mass is 10.2. The van der Waals surface area contributed by atoms with Crippen molar-refractivity contribution in [2.24, 2.45) is 0 Å². The van der Waals surface area contributed by atoms with Crippen LogP contribution in [0, 0.1) is 6.92 Å². The van der Waals surface area contributed by atoms with E-state index in [-0.39, 0.29) is 0 Å².